The highest BCUT2D eigenvalue weighted by molar-refractivity contribution is 7.89. The Labute approximate surface area is 164 Å². The van der Waals surface area contributed by atoms with Crippen molar-refractivity contribution in [3.05, 3.63) is 106 Å². The van der Waals surface area contributed by atoms with Crippen LogP contribution in [0.4, 0.5) is 5.69 Å². The van der Waals surface area contributed by atoms with Crippen LogP contribution in [0.1, 0.15) is 24.1 Å². The van der Waals surface area contributed by atoms with Crippen molar-refractivity contribution in [2.24, 2.45) is 0 Å². The van der Waals surface area contributed by atoms with Crippen molar-refractivity contribution in [3.63, 3.8) is 0 Å². The van der Waals surface area contributed by atoms with Gasteiger partial charge in [0.2, 0.25) is 10.0 Å². The normalized spacial score (nSPS) is 11.7. The largest absolute Gasteiger partial charge is 0.269 e. The Kier molecular flexibility index (Phi) is 5.87. The van der Waals surface area contributed by atoms with Crippen LogP contribution in [0.15, 0.2) is 89.8 Å². The van der Waals surface area contributed by atoms with Crippen LogP contribution in [-0.2, 0) is 10.0 Å². The lowest BCUT2D eigenvalue weighted by atomic mass is 9.99. The smallest absolute Gasteiger partial charge is 0.258 e. The molecule has 0 aliphatic carbocycles. The zero-order chi connectivity index (χ0) is 20.1. The number of non-ortho nitro benzene ring substituents is 1. The van der Waals surface area contributed by atoms with E-state index in [9.17, 15) is 18.5 Å². The van der Waals surface area contributed by atoms with E-state index in [-0.39, 0.29) is 17.1 Å². The second-order valence-corrected chi connectivity index (χ2v) is 8.07. The van der Waals surface area contributed by atoms with Crippen LogP contribution in [0, 0.1) is 10.1 Å². The van der Waals surface area contributed by atoms with E-state index in [0.717, 1.165) is 11.1 Å². The van der Waals surface area contributed by atoms with Crippen LogP contribution in [0.5, 0.6) is 0 Å². The molecule has 0 fully saturated rings. The maximum absolute atomic E-state index is 13.4. The summed E-state index contributed by atoms with van der Waals surface area (Å²) in [5, 5.41) is 10.9. The van der Waals surface area contributed by atoms with Crippen molar-refractivity contribution in [2.75, 3.05) is 6.54 Å². The Hall–Kier alpha value is -3.03. The first-order valence-corrected chi connectivity index (χ1v) is 10.3. The summed E-state index contributed by atoms with van der Waals surface area (Å²) in [7, 11) is -3.88. The molecule has 7 heteroatoms. The molecular formula is C21H20N2O4S. The molecule has 0 aromatic heterocycles. The molecule has 3 aromatic rings. The Morgan fingerprint density at radius 2 is 1.32 bits per heavy atom. The zero-order valence-electron chi connectivity index (χ0n) is 15.3. The average molecular weight is 396 g/mol. The predicted molar refractivity (Wildman–Crippen MR) is 107 cm³/mol. The van der Waals surface area contributed by atoms with E-state index in [2.05, 4.69) is 0 Å². The van der Waals surface area contributed by atoms with E-state index in [4.69, 9.17) is 0 Å². The van der Waals surface area contributed by atoms with Gasteiger partial charge in [0, 0.05) is 18.7 Å². The van der Waals surface area contributed by atoms with Gasteiger partial charge >= 0.3 is 0 Å². The van der Waals surface area contributed by atoms with Gasteiger partial charge in [0.15, 0.2) is 0 Å². The number of sulfonamides is 1. The van der Waals surface area contributed by atoms with Gasteiger partial charge in [-0.25, -0.2) is 8.42 Å². The fraction of sp³-hybridized carbons (Fsp3) is 0.143. The number of nitro groups is 1. The molecule has 28 heavy (non-hydrogen) atoms. The van der Waals surface area contributed by atoms with Crippen molar-refractivity contribution >= 4 is 15.7 Å². The molecule has 0 aliphatic heterocycles. The second kappa shape index (κ2) is 8.33. The maximum Gasteiger partial charge on any atom is 0.269 e. The van der Waals surface area contributed by atoms with Crippen molar-refractivity contribution in [1.29, 1.82) is 0 Å². The number of rotatable bonds is 7. The van der Waals surface area contributed by atoms with E-state index >= 15 is 0 Å². The molecule has 0 saturated heterocycles. The molecule has 0 radical (unpaired) electrons. The molecular weight excluding hydrogens is 376 g/mol. The molecule has 3 rings (SSSR count). The summed E-state index contributed by atoms with van der Waals surface area (Å²) in [5.74, 6) is 0. The molecule has 0 saturated carbocycles. The summed E-state index contributed by atoms with van der Waals surface area (Å²) in [6.07, 6.45) is 0. The monoisotopic (exact) mass is 396 g/mol. The topological polar surface area (TPSA) is 80.5 Å². The summed E-state index contributed by atoms with van der Waals surface area (Å²) in [6.45, 7) is 2.02. The number of hydrogen-bond acceptors (Lipinski definition) is 4. The molecule has 3 aromatic carbocycles. The molecule has 0 aliphatic rings. The second-order valence-electron chi connectivity index (χ2n) is 6.18. The van der Waals surface area contributed by atoms with Gasteiger partial charge in [-0.3, -0.25) is 10.1 Å². The van der Waals surface area contributed by atoms with Gasteiger partial charge in [-0.1, -0.05) is 67.6 Å². The highest BCUT2D eigenvalue weighted by atomic mass is 32.2. The third kappa shape index (κ3) is 3.95. The van der Waals surface area contributed by atoms with Crippen LogP contribution in [0.2, 0.25) is 0 Å². The lowest BCUT2D eigenvalue weighted by molar-refractivity contribution is -0.384. The van der Waals surface area contributed by atoms with Crippen molar-refractivity contribution < 1.29 is 13.3 Å². The number of nitrogens with zero attached hydrogens (tertiary/aromatic N) is 2. The molecule has 144 valence electrons. The summed E-state index contributed by atoms with van der Waals surface area (Å²) in [6, 6.07) is 23.3. The van der Waals surface area contributed by atoms with Crippen molar-refractivity contribution in [3.8, 4) is 0 Å². The van der Waals surface area contributed by atoms with Gasteiger partial charge < -0.3 is 0 Å². The third-order valence-electron chi connectivity index (χ3n) is 4.48. The Morgan fingerprint density at radius 3 is 1.71 bits per heavy atom. The van der Waals surface area contributed by atoms with E-state index < -0.39 is 21.0 Å². The van der Waals surface area contributed by atoms with Crippen molar-refractivity contribution in [2.45, 2.75) is 17.9 Å². The van der Waals surface area contributed by atoms with Gasteiger partial charge in [0.1, 0.15) is 0 Å². The van der Waals surface area contributed by atoms with Crippen LogP contribution in [-0.4, -0.2) is 24.2 Å². The number of benzene rings is 3. The maximum atomic E-state index is 13.4. The first kappa shape index (κ1) is 19.7. The summed E-state index contributed by atoms with van der Waals surface area (Å²) in [5.41, 5.74) is 1.55. The van der Waals surface area contributed by atoms with Gasteiger partial charge in [-0.15, -0.1) is 0 Å². The molecule has 0 atom stereocenters. The average Bonchev–Trinajstić information content (AvgIpc) is 2.73. The van der Waals surface area contributed by atoms with Crippen LogP contribution < -0.4 is 0 Å². The van der Waals surface area contributed by atoms with Gasteiger partial charge in [-0.2, -0.15) is 4.31 Å². The van der Waals surface area contributed by atoms with E-state index in [1.54, 1.807) is 6.92 Å². The highest BCUT2D eigenvalue weighted by Crippen LogP contribution is 2.33. The van der Waals surface area contributed by atoms with Crippen molar-refractivity contribution in [1.82, 2.24) is 4.31 Å². The van der Waals surface area contributed by atoms with Gasteiger partial charge in [0.05, 0.1) is 15.9 Å². The quantitative estimate of drug-likeness (QED) is 0.438. The molecule has 0 spiro atoms. The minimum atomic E-state index is -3.88. The standard InChI is InChI=1S/C21H20N2O4S/c1-2-22(28(26,27)20-15-13-19(14-16-20)23(24)25)21(17-9-5-3-6-10-17)18-11-7-4-8-12-18/h3-16,21H,2H2,1H3. The molecule has 0 bridgehead atoms. The predicted octanol–water partition coefficient (Wildman–Crippen LogP) is 4.40. The third-order valence-corrected chi connectivity index (χ3v) is 6.44. The molecule has 0 N–H and O–H groups in total. The van der Waals surface area contributed by atoms with E-state index in [0.29, 0.717) is 0 Å². The minimum Gasteiger partial charge on any atom is -0.258 e. The first-order valence-electron chi connectivity index (χ1n) is 8.81. The molecule has 0 unspecified atom stereocenters. The summed E-state index contributed by atoms with van der Waals surface area (Å²) in [4.78, 5) is 10.3. The minimum absolute atomic E-state index is 0.0248. The van der Waals surface area contributed by atoms with E-state index in [1.807, 2.05) is 60.7 Å². The van der Waals surface area contributed by atoms with Crippen LogP contribution in [0.3, 0.4) is 0 Å². The SMILES string of the molecule is CCN(C(c1ccccc1)c1ccccc1)S(=O)(=O)c1ccc([N+](=O)[O-])cc1. The van der Waals surface area contributed by atoms with Gasteiger partial charge in [0.25, 0.3) is 5.69 Å². The summed E-state index contributed by atoms with van der Waals surface area (Å²) >= 11 is 0. The lowest BCUT2D eigenvalue weighted by Gasteiger charge is -2.31. The van der Waals surface area contributed by atoms with Crippen LogP contribution >= 0.6 is 0 Å². The van der Waals surface area contributed by atoms with Crippen LogP contribution in [0.25, 0.3) is 0 Å². The number of nitro benzene ring substituents is 1. The van der Waals surface area contributed by atoms with Gasteiger partial charge in [-0.05, 0) is 23.3 Å². The fourth-order valence-corrected chi connectivity index (χ4v) is 4.77. The first-order chi connectivity index (χ1) is 13.4. The van der Waals surface area contributed by atoms with E-state index in [1.165, 1.54) is 28.6 Å². The fourth-order valence-electron chi connectivity index (χ4n) is 3.16. The summed E-state index contributed by atoms with van der Waals surface area (Å²) < 4.78 is 28.2. The highest BCUT2D eigenvalue weighted by Gasteiger charge is 2.32. The zero-order valence-corrected chi connectivity index (χ0v) is 16.1. The number of hydrogen-bond donors (Lipinski definition) is 0. The molecule has 0 amide bonds. The Balaban J connectivity index is 2.10. The Morgan fingerprint density at radius 1 is 0.857 bits per heavy atom. The molecule has 6 nitrogen and oxygen atoms in total. The molecule has 0 heterocycles. The lowest BCUT2D eigenvalue weighted by Crippen LogP contribution is -2.35. The Bertz CT molecular complexity index is 997.